The molecule has 0 radical (unpaired) electrons. The second kappa shape index (κ2) is 14.8. The average Bonchev–Trinajstić information content (AvgIpc) is 3.09. The molecular weight excluding hydrogens is 649 g/mol. The normalized spacial score (nSPS) is 15.6. The molecule has 5 rings (SSSR count). The molecule has 2 aliphatic rings. The monoisotopic (exact) mass is 684 g/mol. The Bertz CT molecular complexity index is 1900. The molecule has 2 N–H and O–H groups in total. The van der Waals surface area contributed by atoms with E-state index in [0.717, 1.165) is 22.4 Å². The molecule has 0 bridgehead atoms. The smallest absolute Gasteiger partial charge is 0.417 e. The van der Waals surface area contributed by atoms with Gasteiger partial charge in [-0.3, -0.25) is 14.4 Å². The van der Waals surface area contributed by atoms with Gasteiger partial charge in [0.25, 0.3) is 11.5 Å². The molecule has 15 nitrogen and oxygen atoms in total. The number of alkyl halides is 3. The van der Waals surface area contributed by atoms with Crippen molar-refractivity contribution in [2.75, 3.05) is 56.2 Å². The molecule has 0 saturated carbocycles. The van der Waals surface area contributed by atoms with Crippen LogP contribution in [0, 0.1) is 6.92 Å². The Morgan fingerprint density at radius 1 is 1.14 bits per heavy atom. The topological polar surface area (TPSA) is 172 Å². The highest BCUT2D eigenvalue weighted by molar-refractivity contribution is 5.95. The largest absolute Gasteiger partial charge is 0.504 e. The van der Waals surface area contributed by atoms with Crippen LogP contribution < -0.4 is 21.4 Å². The van der Waals surface area contributed by atoms with E-state index in [1.807, 2.05) is 6.08 Å². The first-order chi connectivity index (χ1) is 23.4. The molecule has 0 aromatic carbocycles. The lowest BCUT2D eigenvalue weighted by atomic mass is 10.1. The van der Waals surface area contributed by atoms with E-state index < -0.39 is 29.1 Å². The third-order valence-corrected chi connectivity index (χ3v) is 8.13. The zero-order chi connectivity index (χ0) is 35.3. The van der Waals surface area contributed by atoms with Crippen molar-refractivity contribution in [1.29, 1.82) is 0 Å². The van der Waals surface area contributed by atoms with Crippen molar-refractivity contribution in [3.63, 3.8) is 0 Å². The van der Waals surface area contributed by atoms with Crippen LogP contribution in [0.2, 0.25) is 0 Å². The number of pyridine rings is 1. The van der Waals surface area contributed by atoms with Gasteiger partial charge in [0.1, 0.15) is 24.4 Å². The van der Waals surface area contributed by atoms with Crippen LogP contribution in [0.4, 0.5) is 24.7 Å². The molecule has 2 amide bonds. The first-order valence-electron chi connectivity index (χ1n) is 15.4. The van der Waals surface area contributed by atoms with E-state index >= 15 is 0 Å². The Balaban J connectivity index is 1.50. The first kappa shape index (κ1) is 34.9. The summed E-state index contributed by atoms with van der Waals surface area (Å²) in [6, 6.07) is 1.86. The second-order valence-electron chi connectivity index (χ2n) is 11.2. The summed E-state index contributed by atoms with van der Waals surface area (Å²) < 4.78 is 47.0. The van der Waals surface area contributed by atoms with Crippen LogP contribution in [0.25, 0.3) is 0 Å². The maximum Gasteiger partial charge on any atom is 0.417 e. The van der Waals surface area contributed by atoms with Gasteiger partial charge in [-0.15, -0.1) is 0 Å². The highest BCUT2D eigenvalue weighted by Gasteiger charge is 2.32. The number of hydrogen-bond acceptors (Lipinski definition) is 11. The Morgan fingerprint density at radius 3 is 2.51 bits per heavy atom. The fourth-order valence-corrected chi connectivity index (χ4v) is 5.55. The number of aromatic nitrogens is 5. The number of amides is 2. The maximum absolute atomic E-state index is 14.1. The first-order valence-corrected chi connectivity index (χ1v) is 15.4. The SMILES string of the molecule is C=Nn1c(=O)c(N2CCN(C(=O)c3ncnc(C)c3O)CC2)c(CC)n(CC(=O)Nc2ccc(C(F)(F)F)cn2)c1=NCC1=CCOCC1. The van der Waals surface area contributed by atoms with Gasteiger partial charge in [-0.2, -0.15) is 22.9 Å². The lowest BCUT2D eigenvalue weighted by Crippen LogP contribution is -2.52. The third-order valence-electron chi connectivity index (χ3n) is 8.13. The van der Waals surface area contributed by atoms with Crippen molar-refractivity contribution in [2.24, 2.45) is 10.1 Å². The third kappa shape index (κ3) is 7.69. The Hall–Kier alpha value is -5.39. The molecule has 260 valence electrons. The second-order valence-corrected chi connectivity index (χ2v) is 11.2. The van der Waals surface area contributed by atoms with Gasteiger partial charge >= 0.3 is 6.18 Å². The molecule has 18 heteroatoms. The van der Waals surface area contributed by atoms with Gasteiger partial charge < -0.3 is 29.5 Å². The minimum absolute atomic E-state index is 0.0481. The zero-order valence-corrected chi connectivity index (χ0v) is 26.9. The zero-order valence-electron chi connectivity index (χ0n) is 26.9. The van der Waals surface area contributed by atoms with Gasteiger partial charge in [0.05, 0.1) is 36.7 Å². The molecule has 49 heavy (non-hydrogen) atoms. The minimum Gasteiger partial charge on any atom is -0.504 e. The number of aromatic hydroxyl groups is 1. The minimum atomic E-state index is -4.59. The van der Waals surface area contributed by atoms with Crippen LogP contribution in [-0.4, -0.2) is 98.7 Å². The lowest BCUT2D eigenvalue weighted by Gasteiger charge is -2.37. The maximum atomic E-state index is 14.1. The number of hydrogen-bond donors (Lipinski definition) is 2. The number of nitrogens with zero attached hydrogens (tertiary/aromatic N) is 9. The number of rotatable bonds is 9. The molecule has 3 aromatic heterocycles. The number of piperazine rings is 1. The number of nitrogens with one attached hydrogen (secondary N) is 1. The molecule has 1 fully saturated rings. The van der Waals surface area contributed by atoms with Crippen molar-refractivity contribution in [3.8, 4) is 5.75 Å². The Kier molecular flexibility index (Phi) is 10.5. The average molecular weight is 685 g/mol. The number of aryl methyl sites for hydroxylation is 1. The summed E-state index contributed by atoms with van der Waals surface area (Å²) >= 11 is 0. The molecule has 0 unspecified atom stereocenters. The standard InChI is InChI=1S/C31H35F3N10O5/c1-4-22-26(41-9-11-42(12-10-41)28(47)25-27(46)19(2)38-18-39-25)29(48)44(35-3)30(37-15-20-7-13-49-14-8-20)43(22)17-24(45)40-23-6-5-21(16-36-23)31(32,33)34/h5-7,16,18,46H,3-4,8-15,17H2,1-2H3,(H,36,40,45). The summed E-state index contributed by atoms with van der Waals surface area (Å²) in [6.45, 7) is 8.51. The Labute approximate surface area is 278 Å². The summed E-state index contributed by atoms with van der Waals surface area (Å²) in [5.41, 5.74) is 0.344. The molecule has 2 aliphatic heterocycles. The van der Waals surface area contributed by atoms with Gasteiger partial charge in [0.15, 0.2) is 11.4 Å². The highest BCUT2D eigenvalue weighted by atomic mass is 19.4. The van der Waals surface area contributed by atoms with Crippen LogP contribution in [0.15, 0.2) is 51.2 Å². The lowest BCUT2D eigenvalue weighted by molar-refractivity contribution is -0.137. The van der Waals surface area contributed by atoms with Gasteiger partial charge in [0, 0.05) is 39.1 Å². The molecule has 0 aliphatic carbocycles. The molecule has 1 saturated heterocycles. The molecule has 5 heterocycles. The molecular formula is C31H35F3N10O5. The van der Waals surface area contributed by atoms with Crippen LogP contribution in [0.5, 0.6) is 5.75 Å². The number of halogens is 3. The van der Waals surface area contributed by atoms with Crippen LogP contribution >= 0.6 is 0 Å². The summed E-state index contributed by atoms with van der Waals surface area (Å²) in [5.74, 6) is -1.51. The summed E-state index contributed by atoms with van der Waals surface area (Å²) in [5, 5.41) is 16.8. The predicted molar refractivity (Wildman–Crippen MR) is 171 cm³/mol. The van der Waals surface area contributed by atoms with Crippen molar-refractivity contribution < 1.29 is 32.6 Å². The Morgan fingerprint density at radius 2 is 1.90 bits per heavy atom. The van der Waals surface area contributed by atoms with Gasteiger partial charge in [-0.25, -0.2) is 19.9 Å². The van der Waals surface area contributed by atoms with E-state index in [1.54, 1.807) is 18.7 Å². The van der Waals surface area contributed by atoms with E-state index in [4.69, 9.17) is 4.74 Å². The van der Waals surface area contributed by atoms with E-state index in [1.165, 1.54) is 15.8 Å². The van der Waals surface area contributed by atoms with Crippen molar-refractivity contribution in [3.05, 3.63) is 74.9 Å². The van der Waals surface area contributed by atoms with E-state index in [0.29, 0.717) is 31.5 Å². The fourth-order valence-electron chi connectivity index (χ4n) is 5.55. The van der Waals surface area contributed by atoms with Gasteiger partial charge in [0.2, 0.25) is 11.5 Å². The van der Waals surface area contributed by atoms with E-state index in [-0.39, 0.29) is 80.0 Å². The number of anilines is 2. The van der Waals surface area contributed by atoms with Crippen LogP contribution in [-0.2, 0) is 28.7 Å². The number of carbonyl (C=O) groups excluding carboxylic acids is 2. The summed E-state index contributed by atoms with van der Waals surface area (Å²) in [7, 11) is 0. The van der Waals surface area contributed by atoms with Crippen LogP contribution in [0.1, 0.15) is 40.8 Å². The van der Waals surface area contributed by atoms with Crippen molar-refractivity contribution >= 4 is 30.0 Å². The summed E-state index contributed by atoms with van der Waals surface area (Å²) in [6.07, 6.45) is 0.0340. The number of ether oxygens (including phenoxy) is 1. The predicted octanol–water partition coefficient (Wildman–Crippen LogP) is 1.74. The van der Waals surface area contributed by atoms with Crippen molar-refractivity contribution in [1.82, 2.24) is 29.1 Å². The quantitative estimate of drug-likeness (QED) is 0.252. The molecule has 0 atom stereocenters. The highest BCUT2D eigenvalue weighted by Crippen LogP contribution is 2.29. The fraction of sp³-hybridized carbons (Fsp3) is 0.419. The van der Waals surface area contributed by atoms with E-state index in [9.17, 15) is 32.7 Å². The number of carbonyl (C=O) groups is 2. The van der Waals surface area contributed by atoms with Gasteiger partial charge in [-0.05, 0) is 37.5 Å². The van der Waals surface area contributed by atoms with Crippen molar-refractivity contribution in [2.45, 2.75) is 39.4 Å². The molecule has 3 aromatic rings. The van der Waals surface area contributed by atoms with E-state index in [2.05, 4.69) is 37.1 Å². The van der Waals surface area contributed by atoms with Crippen LogP contribution in [0.3, 0.4) is 0 Å². The summed E-state index contributed by atoms with van der Waals surface area (Å²) in [4.78, 5) is 60.2. The molecule has 0 spiro atoms. The van der Waals surface area contributed by atoms with Gasteiger partial charge in [-0.1, -0.05) is 13.0 Å².